The molecule has 1 amide bonds. The molecule has 10 nitrogen and oxygen atoms in total. The van der Waals surface area contributed by atoms with E-state index < -0.39 is 37.0 Å². The van der Waals surface area contributed by atoms with Gasteiger partial charge in [0.15, 0.2) is 6.61 Å². The minimum Gasteiger partial charge on any atom is -0.481 e. The molecule has 4 aromatic rings. The molecule has 10 heteroatoms. The van der Waals surface area contributed by atoms with E-state index in [1.165, 1.54) is 18.5 Å². The van der Waals surface area contributed by atoms with Gasteiger partial charge < -0.3 is 24.5 Å². The first-order valence-corrected chi connectivity index (χ1v) is 11.8. The van der Waals surface area contributed by atoms with Crippen molar-refractivity contribution in [1.29, 1.82) is 0 Å². The van der Waals surface area contributed by atoms with Gasteiger partial charge in [-0.2, -0.15) is 0 Å². The number of ether oxygens (including phenoxy) is 3. The molecule has 4 rings (SSSR count). The fraction of sp³-hybridized carbons (Fsp3) is 0.179. The quantitative estimate of drug-likeness (QED) is 0.139. The molecule has 2 aromatic heterocycles. The fourth-order valence-corrected chi connectivity index (χ4v) is 4.12. The molecule has 0 aliphatic heterocycles. The lowest BCUT2D eigenvalue weighted by molar-refractivity contribution is -0.154. The van der Waals surface area contributed by atoms with Crippen molar-refractivity contribution in [3.63, 3.8) is 0 Å². The third kappa shape index (κ3) is 5.70. The molecule has 194 valence electrons. The standard InChI is InChI=1S/C28H25N3O7/c1-2-20-25(26(33)27(29)34)24-21(31(20)15-18-8-4-3-5-9-18)11-6-12-22(24)36-16-23(32)37-17-38-28(35)19-10-7-13-30-14-19/h3-14H,2,15-17H2,1H3,(H2,29,34). The number of hydrogen-bond acceptors (Lipinski definition) is 8. The molecular weight excluding hydrogens is 490 g/mol. The number of nitrogens with zero attached hydrogens (tertiary/aromatic N) is 2. The van der Waals surface area contributed by atoms with E-state index in [1.807, 2.05) is 41.8 Å². The fourth-order valence-electron chi connectivity index (χ4n) is 4.12. The van der Waals surface area contributed by atoms with Crippen molar-refractivity contribution in [1.82, 2.24) is 9.55 Å². The number of Topliss-reactive ketones (excluding diaryl/α,β-unsaturated/α-hetero) is 1. The van der Waals surface area contributed by atoms with Gasteiger partial charge in [0.2, 0.25) is 6.79 Å². The van der Waals surface area contributed by atoms with Crippen molar-refractivity contribution in [3.8, 4) is 5.75 Å². The smallest absolute Gasteiger partial charge is 0.347 e. The first-order chi connectivity index (χ1) is 18.4. The number of carbonyl (C=O) groups excluding carboxylic acids is 4. The van der Waals surface area contributed by atoms with E-state index in [0.717, 1.165) is 5.56 Å². The highest BCUT2D eigenvalue weighted by Crippen LogP contribution is 2.35. The molecule has 0 fully saturated rings. The Bertz CT molecular complexity index is 1480. The van der Waals surface area contributed by atoms with Crippen molar-refractivity contribution in [2.24, 2.45) is 5.73 Å². The molecule has 2 N–H and O–H groups in total. The number of pyridine rings is 1. The van der Waals surface area contributed by atoms with Gasteiger partial charge in [-0.1, -0.05) is 43.3 Å². The van der Waals surface area contributed by atoms with Crippen molar-refractivity contribution in [3.05, 3.63) is 95.4 Å². The van der Waals surface area contributed by atoms with Gasteiger partial charge in [-0.3, -0.25) is 14.6 Å². The molecule has 0 aliphatic carbocycles. The van der Waals surface area contributed by atoms with Crippen molar-refractivity contribution in [2.45, 2.75) is 19.9 Å². The van der Waals surface area contributed by atoms with Crippen molar-refractivity contribution < 1.29 is 33.4 Å². The number of carbonyl (C=O) groups is 4. The summed E-state index contributed by atoms with van der Waals surface area (Å²) in [5.74, 6) is -3.23. The second kappa shape index (κ2) is 11.8. The normalized spacial score (nSPS) is 10.7. The number of amides is 1. The molecule has 0 saturated carbocycles. The van der Waals surface area contributed by atoms with Crippen LogP contribution in [-0.4, -0.2) is 46.6 Å². The van der Waals surface area contributed by atoms with Crippen LogP contribution in [0, 0.1) is 0 Å². The van der Waals surface area contributed by atoms with Crippen molar-refractivity contribution in [2.75, 3.05) is 13.4 Å². The second-order valence-electron chi connectivity index (χ2n) is 8.19. The summed E-state index contributed by atoms with van der Waals surface area (Å²) in [6, 6.07) is 17.8. The van der Waals surface area contributed by atoms with E-state index in [0.29, 0.717) is 29.6 Å². The van der Waals surface area contributed by atoms with Gasteiger partial charge in [0.1, 0.15) is 5.75 Å². The number of benzene rings is 2. The van der Waals surface area contributed by atoms with E-state index in [4.69, 9.17) is 19.9 Å². The van der Waals surface area contributed by atoms with Crippen LogP contribution in [-0.2, 0) is 32.0 Å². The Morgan fingerprint density at radius 1 is 0.947 bits per heavy atom. The molecule has 0 saturated heterocycles. The Balaban J connectivity index is 1.56. The summed E-state index contributed by atoms with van der Waals surface area (Å²) in [6.45, 7) is 1.18. The van der Waals surface area contributed by atoms with Gasteiger partial charge in [0, 0.05) is 24.6 Å². The number of aromatic nitrogens is 2. The zero-order chi connectivity index (χ0) is 27.1. The molecule has 0 radical (unpaired) electrons. The summed E-state index contributed by atoms with van der Waals surface area (Å²) in [6.07, 6.45) is 3.28. The van der Waals surface area contributed by atoms with Crippen LogP contribution >= 0.6 is 0 Å². The van der Waals surface area contributed by atoms with E-state index in [9.17, 15) is 19.2 Å². The zero-order valence-electron chi connectivity index (χ0n) is 20.6. The molecule has 0 spiro atoms. The average molecular weight is 516 g/mol. The highest BCUT2D eigenvalue weighted by atomic mass is 16.7. The minimum absolute atomic E-state index is 0.139. The Hall–Kier alpha value is -4.99. The van der Waals surface area contributed by atoms with E-state index in [2.05, 4.69) is 4.98 Å². The van der Waals surface area contributed by atoms with Gasteiger partial charge in [-0.25, -0.2) is 9.59 Å². The molecule has 0 atom stereocenters. The topological polar surface area (TPSA) is 140 Å². The predicted octanol–water partition coefficient (Wildman–Crippen LogP) is 3.05. The number of primary amides is 1. The highest BCUT2D eigenvalue weighted by Gasteiger charge is 2.27. The molecule has 2 heterocycles. The monoisotopic (exact) mass is 515 g/mol. The molecule has 2 aromatic carbocycles. The van der Waals surface area contributed by atoms with Gasteiger partial charge >= 0.3 is 11.9 Å². The molecule has 38 heavy (non-hydrogen) atoms. The van der Waals surface area contributed by atoms with Crippen LogP contribution in [0.15, 0.2) is 73.1 Å². The minimum atomic E-state index is -1.09. The number of nitrogens with two attached hydrogens (primary N) is 1. The SMILES string of the molecule is CCc1c(C(=O)C(N)=O)c2c(OCC(=O)OCOC(=O)c3cccnc3)cccc2n1Cc1ccccc1. The van der Waals surface area contributed by atoms with Crippen LogP contribution < -0.4 is 10.5 Å². The third-order valence-corrected chi connectivity index (χ3v) is 5.78. The van der Waals surface area contributed by atoms with Gasteiger partial charge in [-0.15, -0.1) is 0 Å². The van der Waals surface area contributed by atoms with E-state index in [1.54, 1.807) is 24.3 Å². The van der Waals surface area contributed by atoms with Crippen LogP contribution in [0.4, 0.5) is 0 Å². The van der Waals surface area contributed by atoms with E-state index in [-0.39, 0.29) is 16.9 Å². The van der Waals surface area contributed by atoms with Gasteiger partial charge in [-0.05, 0) is 36.2 Å². The summed E-state index contributed by atoms with van der Waals surface area (Å²) < 4.78 is 17.5. The summed E-state index contributed by atoms with van der Waals surface area (Å²) in [7, 11) is 0. The lowest BCUT2D eigenvalue weighted by atomic mass is 10.0. The highest BCUT2D eigenvalue weighted by molar-refractivity contribution is 6.45. The third-order valence-electron chi connectivity index (χ3n) is 5.78. The molecule has 0 bridgehead atoms. The number of ketones is 1. The lowest BCUT2D eigenvalue weighted by Crippen LogP contribution is -2.24. The van der Waals surface area contributed by atoms with Crippen LogP contribution in [0.25, 0.3) is 10.9 Å². The maximum atomic E-state index is 12.9. The molecule has 0 aliphatic rings. The summed E-state index contributed by atoms with van der Waals surface area (Å²) >= 11 is 0. The summed E-state index contributed by atoms with van der Waals surface area (Å²) in [5.41, 5.74) is 7.99. The second-order valence-corrected chi connectivity index (χ2v) is 8.19. The Kier molecular flexibility index (Phi) is 8.12. The first kappa shape index (κ1) is 26.1. The maximum absolute atomic E-state index is 12.9. The largest absolute Gasteiger partial charge is 0.481 e. The Morgan fingerprint density at radius 2 is 1.74 bits per heavy atom. The van der Waals surface area contributed by atoms with Crippen molar-refractivity contribution >= 4 is 34.5 Å². The van der Waals surface area contributed by atoms with Gasteiger partial charge in [0.05, 0.1) is 22.0 Å². The molecular formula is C28H25N3O7. The number of rotatable bonds is 11. The van der Waals surface area contributed by atoms with Crippen LogP contribution in [0.3, 0.4) is 0 Å². The Morgan fingerprint density at radius 3 is 2.42 bits per heavy atom. The molecule has 0 unspecified atom stereocenters. The lowest BCUT2D eigenvalue weighted by Gasteiger charge is -2.11. The van der Waals surface area contributed by atoms with Crippen LogP contribution in [0.1, 0.15) is 38.9 Å². The Labute approximate surface area is 217 Å². The van der Waals surface area contributed by atoms with Gasteiger partial charge in [0.25, 0.3) is 11.7 Å². The maximum Gasteiger partial charge on any atom is 0.347 e. The predicted molar refractivity (Wildman–Crippen MR) is 136 cm³/mol. The van der Waals surface area contributed by atoms with Crippen LogP contribution in [0.2, 0.25) is 0 Å². The summed E-state index contributed by atoms with van der Waals surface area (Å²) in [4.78, 5) is 52.9. The summed E-state index contributed by atoms with van der Waals surface area (Å²) in [5, 5.41) is 0.375. The average Bonchev–Trinajstić information content (AvgIpc) is 3.25. The van der Waals surface area contributed by atoms with Crippen LogP contribution in [0.5, 0.6) is 5.75 Å². The number of hydrogen-bond donors (Lipinski definition) is 1. The first-order valence-electron chi connectivity index (χ1n) is 11.8. The number of esters is 2. The number of fused-ring (bicyclic) bond motifs is 1. The van der Waals surface area contributed by atoms with E-state index >= 15 is 0 Å². The zero-order valence-corrected chi connectivity index (χ0v) is 20.6.